The molecule has 0 aliphatic rings. The third-order valence-electron chi connectivity index (χ3n) is 3.08. The number of halogens is 1. The van der Waals surface area contributed by atoms with Crippen LogP contribution in [0.5, 0.6) is 0 Å². The Bertz CT molecular complexity index is 832. The fourth-order valence-corrected chi connectivity index (χ4v) is 2.18. The predicted octanol–water partition coefficient (Wildman–Crippen LogP) is 4.56. The molecule has 0 unspecified atom stereocenters. The molecule has 0 amide bonds. The van der Waals surface area contributed by atoms with E-state index in [0.717, 1.165) is 10.9 Å². The molecule has 104 valence electrons. The molecule has 0 saturated carbocycles. The SMILES string of the molecule is Nc1ccc(/C=C/C(=O)c2cc3cc(Cl)ccc3o2)cc1. The number of carbonyl (C=O) groups is 1. The van der Waals surface area contributed by atoms with Gasteiger partial charge in [0.1, 0.15) is 5.58 Å². The van der Waals surface area contributed by atoms with Gasteiger partial charge in [0.05, 0.1) is 0 Å². The Morgan fingerprint density at radius 1 is 1.10 bits per heavy atom. The summed E-state index contributed by atoms with van der Waals surface area (Å²) in [5.74, 6) is 0.0955. The molecular formula is C17H12ClNO2. The number of anilines is 1. The molecule has 1 heterocycles. The maximum Gasteiger partial charge on any atom is 0.221 e. The zero-order valence-electron chi connectivity index (χ0n) is 11.0. The molecule has 2 aromatic carbocycles. The highest BCUT2D eigenvalue weighted by atomic mass is 35.5. The highest BCUT2D eigenvalue weighted by Crippen LogP contribution is 2.23. The van der Waals surface area contributed by atoms with E-state index in [-0.39, 0.29) is 5.78 Å². The maximum atomic E-state index is 12.1. The molecule has 0 atom stereocenters. The molecule has 0 bridgehead atoms. The first-order chi connectivity index (χ1) is 10.1. The maximum absolute atomic E-state index is 12.1. The molecule has 1 aromatic heterocycles. The lowest BCUT2D eigenvalue weighted by Crippen LogP contribution is -1.90. The lowest BCUT2D eigenvalue weighted by Gasteiger charge is -1.94. The minimum Gasteiger partial charge on any atom is -0.453 e. The third-order valence-corrected chi connectivity index (χ3v) is 3.32. The lowest BCUT2D eigenvalue weighted by atomic mass is 10.1. The summed E-state index contributed by atoms with van der Waals surface area (Å²) in [6, 6.07) is 14.2. The minimum atomic E-state index is -0.195. The van der Waals surface area contributed by atoms with Gasteiger partial charge in [-0.15, -0.1) is 0 Å². The van der Waals surface area contributed by atoms with Crippen molar-refractivity contribution in [1.82, 2.24) is 0 Å². The normalized spacial score (nSPS) is 11.3. The van der Waals surface area contributed by atoms with Crippen LogP contribution in [0.2, 0.25) is 5.02 Å². The molecule has 0 aliphatic carbocycles. The highest BCUT2D eigenvalue weighted by molar-refractivity contribution is 6.31. The molecule has 0 fully saturated rings. The number of benzene rings is 2. The summed E-state index contributed by atoms with van der Waals surface area (Å²) in [6.45, 7) is 0. The van der Waals surface area contributed by atoms with Gasteiger partial charge in [0.25, 0.3) is 0 Å². The summed E-state index contributed by atoms with van der Waals surface area (Å²) >= 11 is 5.91. The van der Waals surface area contributed by atoms with Gasteiger partial charge in [0, 0.05) is 16.1 Å². The number of nitrogen functional groups attached to an aromatic ring is 1. The van der Waals surface area contributed by atoms with Crippen molar-refractivity contribution in [2.75, 3.05) is 5.73 Å². The van der Waals surface area contributed by atoms with Gasteiger partial charge in [-0.2, -0.15) is 0 Å². The Labute approximate surface area is 126 Å². The Hall–Kier alpha value is -2.52. The Kier molecular flexibility index (Phi) is 3.50. The van der Waals surface area contributed by atoms with E-state index in [0.29, 0.717) is 22.1 Å². The van der Waals surface area contributed by atoms with E-state index in [9.17, 15) is 4.79 Å². The van der Waals surface area contributed by atoms with Crippen molar-refractivity contribution in [1.29, 1.82) is 0 Å². The second kappa shape index (κ2) is 5.46. The summed E-state index contributed by atoms with van der Waals surface area (Å²) in [4.78, 5) is 12.1. The fraction of sp³-hybridized carbons (Fsp3) is 0. The average molecular weight is 298 g/mol. The zero-order chi connectivity index (χ0) is 14.8. The van der Waals surface area contributed by atoms with Gasteiger partial charge < -0.3 is 10.2 Å². The summed E-state index contributed by atoms with van der Waals surface area (Å²) in [7, 11) is 0. The summed E-state index contributed by atoms with van der Waals surface area (Å²) in [6.07, 6.45) is 3.20. The number of nitrogens with two attached hydrogens (primary N) is 1. The van der Waals surface area contributed by atoms with Gasteiger partial charge in [0.15, 0.2) is 5.76 Å². The number of rotatable bonds is 3. The molecule has 3 aromatic rings. The minimum absolute atomic E-state index is 0.195. The molecule has 4 heteroatoms. The summed E-state index contributed by atoms with van der Waals surface area (Å²) < 4.78 is 5.51. The zero-order valence-corrected chi connectivity index (χ0v) is 11.8. The smallest absolute Gasteiger partial charge is 0.221 e. The first kappa shape index (κ1) is 13.5. The lowest BCUT2D eigenvalue weighted by molar-refractivity contribution is 0.102. The monoisotopic (exact) mass is 297 g/mol. The molecule has 0 spiro atoms. The van der Waals surface area contributed by atoms with Crippen LogP contribution >= 0.6 is 11.6 Å². The number of ketones is 1. The third kappa shape index (κ3) is 2.98. The van der Waals surface area contributed by atoms with Crippen molar-refractivity contribution < 1.29 is 9.21 Å². The molecule has 21 heavy (non-hydrogen) atoms. The molecule has 3 rings (SSSR count). The molecule has 0 aliphatic heterocycles. The number of hydrogen-bond acceptors (Lipinski definition) is 3. The van der Waals surface area contributed by atoms with Crippen molar-refractivity contribution in [3.05, 3.63) is 71.0 Å². The van der Waals surface area contributed by atoms with Crippen LogP contribution in [0.25, 0.3) is 17.0 Å². The van der Waals surface area contributed by atoms with Crippen LogP contribution in [0.1, 0.15) is 16.1 Å². The number of allylic oxidation sites excluding steroid dienone is 1. The van der Waals surface area contributed by atoms with Gasteiger partial charge in [-0.1, -0.05) is 29.8 Å². The van der Waals surface area contributed by atoms with E-state index < -0.39 is 0 Å². The molecule has 2 N–H and O–H groups in total. The molecule has 3 nitrogen and oxygen atoms in total. The second-order valence-corrected chi connectivity index (χ2v) is 5.09. The fourth-order valence-electron chi connectivity index (χ4n) is 2.00. The molecule has 0 radical (unpaired) electrons. The van der Waals surface area contributed by atoms with E-state index in [1.807, 2.05) is 12.1 Å². The number of fused-ring (bicyclic) bond motifs is 1. The topological polar surface area (TPSA) is 56.2 Å². The molecular weight excluding hydrogens is 286 g/mol. The van der Waals surface area contributed by atoms with Crippen LogP contribution in [0, 0.1) is 0 Å². The Morgan fingerprint density at radius 2 is 1.86 bits per heavy atom. The van der Waals surface area contributed by atoms with Crippen LogP contribution < -0.4 is 5.73 Å². The van der Waals surface area contributed by atoms with Gasteiger partial charge in [-0.25, -0.2) is 0 Å². The first-order valence-electron chi connectivity index (χ1n) is 6.39. The van der Waals surface area contributed by atoms with E-state index in [1.54, 1.807) is 42.5 Å². The van der Waals surface area contributed by atoms with Crippen LogP contribution in [0.3, 0.4) is 0 Å². The standard InChI is InChI=1S/C17H12ClNO2/c18-13-4-8-16-12(9-13)10-17(21-16)15(20)7-3-11-1-5-14(19)6-2-11/h1-10H,19H2/b7-3+. The first-order valence-corrected chi connectivity index (χ1v) is 6.77. The van der Waals surface area contributed by atoms with Crippen LogP contribution in [0.4, 0.5) is 5.69 Å². The quantitative estimate of drug-likeness (QED) is 0.438. The van der Waals surface area contributed by atoms with Crippen LogP contribution in [0.15, 0.2) is 59.0 Å². The van der Waals surface area contributed by atoms with E-state index in [4.69, 9.17) is 21.8 Å². The largest absolute Gasteiger partial charge is 0.453 e. The van der Waals surface area contributed by atoms with Crippen molar-refractivity contribution >= 4 is 40.1 Å². The number of furan rings is 1. The van der Waals surface area contributed by atoms with E-state index >= 15 is 0 Å². The van der Waals surface area contributed by atoms with Crippen molar-refractivity contribution in [3.8, 4) is 0 Å². The van der Waals surface area contributed by atoms with E-state index in [1.165, 1.54) is 6.08 Å². The summed E-state index contributed by atoms with van der Waals surface area (Å²) in [5.41, 5.74) is 7.84. The Morgan fingerprint density at radius 3 is 2.62 bits per heavy atom. The van der Waals surface area contributed by atoms with Gasteiger partial charge >= 0.3 is 0 Å². The summed E-state index contributed by atoms with van der Waals surface area (Å²) in [5, 5.41) is 1.42. The van der Waals surface area contributed by atoms with Crippen molar-refractivity contribution in [2.24, 2.45) is 0 Å². The number of hydrogen-bond donors (Lipinski definition) is 1. The van der Waals surface area contributed by atoms with Crippen molar-refractivity contribution in [2.45, 2.75) is 0 Å². The second-order valence-electron chi connectivity index (χ2n) is 4.66. The average Bonchev–Trinajstić information content (AvgIpc) is 2.89. The van der Waals surface area contributed by atoms with Crippen molar-refractivity contribution in [3.63, 3.8) is 0 Å². The molecule has 0 saturated heterocycles. The number of carbonyl (C=O) groups excluding carboxylic acids is 1. The van der Waals surface area contributed by atoms with Crippen LogP contribution in [-0.4, -0.2) is 5.78 Å². The van der Waals surface area contributed by atoms with Crippen LogP contribution in [-0.2, 0) is 0 Å². The Balaban J connectivity index is 1.84. The van der Waals surface area contributed by atoms with E-state index in [2.05, 4.69) is 0 Å². The highest BCUT2D eigenvalue weighted by Gasteiger charge is 2.09. The van der Waals surface area contributed by atoms with Gasteiger partial charge in [-0.3, -0.25) is 4.79 Å². The predicted molar refractivity (Wildman–Crippen MR) is 85.4 cm³/mol. The van der Waals surface area contributed by atoms with Gasteiger partial charge in [-0.05, 0) is 48.0 Å². The van der Waals surface area contributed by atoms with Gasteiger partial charge in [0.2, 0.25) is 5.78 Å².